The van der Waals surface area contributed by atoms with Gasteiger partial charge in [0.15, 0.2) is 11.5 Å². The summed E-state index contributed by atoms with van der Waals surface area (Å²) in [6, 6.07) is 15.0. The number of fused-ring (bicyclic) bond motifs is 1. The number of benzene rings is 2. The number of ether oxygens (including phenoxy) is 4. The molecule has 2 amide bonds. The Morgan fingerprint density at radius 2 is 1.74 bits per heavy atom. The number of aryl methyl sites for hydroxylation is 1. The number of anilines is 1. The first-order valence-electron chi connectivity index (χ1n) is 13.6. The summed E-state index contributed by atoms with van der Waals surface area (Å²) >= 11 is 0. The Balaban J connectivity index is 1.22. The fourth-order valence-electron chi connectivity index (χ4n) is 4.70. The van der Waals surface area contributed by atoms with Crippen molar-refractivity contribution in [3.63, 3.8) is 0 Å². The number of carbonyl (C=O) groups is 2. The smallest absolute Gasteiger partial charge is 0.395 e. The molecule has 4 N–H and O–H groups in total. The molecule has 0 atom stereocenters. The van der Waals surface area contributed by atoms with Crippen LogP contribution in [-0.4, -0.2) is 62.6 Å². The van der Waals surface area contributed by atoms with Crippen LogP contribution in [0.15, 0.2) is 54.6 Å². The first-order valence-corrected chi connectivity index (χ1v) is 13.6. The van der Waals surface area contributed by atoms with Gasteiger partial charge in [0.1, 0.15) is 5.82 Å². The molecule has 5 rings (SSSR count). The monoisotopic (exact) mass is 582 g/mol. The topological polar surface area (TPSA) is 134 Å². The Kier molecular flexibility index (Phi) is 8.66. The van der Waals surface area contributed by atoms with Gasteiger partial charge in [0, 0.05) is 24.2 Å². The van der Waals surface area contributed by atoms with Crippen LogP contribution in [0.25, 0.3) is 11.3 Å². The summed E-state index contributed by atoms with van der Waals surface area (Å²) in [4.78, 5) is 30.7. The summed E-state index contributed by atoms with van der Waals surface area (Å²) < 4.78 is 46.6. The third-order valence-corrected chi connectivity index (χ3v) is 7.04. The number of alkyl halides is 2. The lowest BCUT2D eigenvalue weighted by molar-refractivity contribution is -0.286. The molecule has 1 saturated carbocycles. The van der Waals surface area contributed by atoms with Gasteiger partial charge in [0.25, 0.3) is 5.91 Å². The fraction of sp³-hybridized carbons (Fsp3) is 0.367. The molecule has 12 heteroatoms. The second kappa shape index (κ2) is 12.4. The molecule has 2 aromatic carbocycles. The minimum Gasteiger partial charge on any atom is -0.395 e. The average Bonchev–Trinajstić information content (AvgIpc) is 3.72. The minimum absolute atomic E-state index is 0.0711. The lowest BCUT2D eigenvalue weighted by Crippen LogP contribution is -2.28. The van der Waals surface area contributed by atoms with Crippen molar-refractivity contribution in [2.45, 2.75) is 31.5 Å². The number of nitrogens with two attached hydrogens (primary N) is 1. The lowest BCUT2D eigenvalue weighted by atomic mass is 9.94. The van der Waals surface area contributed by atoms with Crippen molar-refractivity contribution in [1.82, 2.24) is 10.3 Å². The number of amides is 2. The van der Waals surface area contributed by atoms with Gasteiger partial charge in [-0.25, -0.2) is 4.98 Å². The molecular weight excluding hydrogens is 550 g/mol. The normalized spacial score (nSPS) is 15.7. The molecule has 3 aromatic rings. The third-order valence-electron chi connectivity index (χ3n) is 7.04. The van der Waals surface area contributed by atoms with Crippen LogP contribution in [0.4, 0.5) is 14.6 Å². The zero-order valence-corrected chi connectivity index (χ0v) is 23.1. The molecule has 2 heterocycles. The van der Waals surface area contributed by atoms with Gasteiger partial charge in [0.05, 0.1) is 37.5 Å². The number of hydrogen-bond acceptors (Lipinski definition) is 8. The van der Waals surface area contributed by atoms with E-state index in [4.69, 9.17) is 15.2 Å². The van der Waals surface area contributed by atoms with E-state index in [1.54, 1.807) is 30.3 Å². The number of aromatic nitrogens is 1. The van der Waals surface area contributed by atoms with Crippen LogP contribution < -0.4 is 25.8 Å². The Labute approximate surface area is 241 Å². The van der Waals surface area contributed by atoms with E-state index >= 15 is 0 Å². The number of halogens is 2. The van der Waals surface area contributed by atoms with E-state index in [0.717, 1.165) is 5.56 Å². The molecule has 1 aromatic heterocycles. The van der Waals surface area contributed by atoms with Gasteiger partial charge in [-0.05, 0) is 61.2 Å². The first-order chi connectivity index (χ1) is 20.2. The first kappa shape index (κ1) is 29.4. The molecule has 2 aliphatic rings. The maximum Gasteiger partial charge on any atom is 0.586 e. The van der Waals surface area contributed by atoms with Crippen LogP contribution in [0, 0.1) is 6.92 Å². The highest BCUT2D eigenvalue weighted by Crippen LogP contribution is 2.52. The minimum atomic E-state index is -3.73. The van der Waals surface area contributed by atoms with E-state index in [9.17, 15) is 18.4 Å². The standard InChI is InChI=1S/C30H32F2N4O6/c1-19-5-8-25(36-28(38)29(9-10-29)22-6-7-23-24(18-22)42-30(31,32)41-23)35-26(19)20-3-2-4-21(17-20)27(37)34-12-14-40-16-15-39-13-11-33/h2-8,17-18H,9-16,33H2,1H3,(H,34,37)(H,35,36,38). The molecule has 0 saturated heterocycles. The van der Waals surface area contributed by atoms with E-state index < -0.39 is 11.7 Å². The zero-order chi connectivity index (χ0) is 29.7. The number of nitrogens with zero attached hydrogens (tertiary/aromatic N) is 1. The van der Waals surface area contributed by atoms with Gasteiger partial charge in [-0.15, -0.1) is 8.78 Å². The molecule has 0 radical (unpaired) electrons. The van der Waals surface area contributed by atoms with Crippen molar-refractivity contribution in [2.24, 2.45) is 5.73 Å². The van der Waals surface area contributed by atoms with Gasteiger partial charge >= 0.3 is 6.29 Å². The summed E-state index contributed by atoms with van der Waals surface area (Å²) in [7, 11) is 0. The van der Waals surface area contributed by atoms with Gasteiger partial charge < -0.3 is 35.3 Å². The molecule has 222 valence electrons. The summed E-state index contributed by atoms with van der Waals surface area (Å²) in [6.07, 6.45) is -2.62. The number of carbonyl (C=O) groups excluding carboxylic acids is 2. The molecular formula is C30H32F2N4O6. The van der Waals surface area contributed by atoms with Crippen LogP contribution in [0.3, 0.4) is 0 Å². The highest BCUT2D eigenvalue weighted by Gasteiger charge is 2.53. The quantitative estimate of drug-likeness (QED) is 0.260. The van der Waals surface area contributed by atoms with E-state index in [1.807, 2.05) is 19.1 Å². The third kappa shape index (κ3) is 6.67. The predicted octanol–water partition coefficient (Wildman–Crippen LogP) is 3.77. The van der Waals surface area contributed by atoms with Crippen molar-refractivity contribution in [1.29, 1.82) is 0 Å². The second-order valence-corrected chi connectivity index (χ2v) is 10.1. The molecule has 10 nitrogen and oxygen atoms in total. The largest absolute Gasteiger partial charge is 0.586 e. The second-order valence-electron chi connectivity index (χ2n) is 10.1. The van der Waals surface area contributed by atoms with Gasteiger partial charge in [-0.2, -0.15) is 0 Å². The maximum absolute atomic E-state index is 13.5. The van der Waals surface area contributed by atoms with Crippen LogP contribution >= 0.6 is 0 Å². The van der Waals surface area contributed by atoms with Crippen molar-refractivity contribution in [3.05, 3.63) is 71.3 Å². The zero-order valence-electron chi connectivity index (χ0n) is 23.1. The SMILES string of the molecule is Cc1ccc(NC(=O)C2(c3ccc4c(c3)OC(F)(F)O4)CC2)nc1-c1cccc(C(=O)NCCOCCOCCN)c1. The maximum atomic E-state index is 13.5. The molecule has 1 aliphatic carbocycles. The Hall–Kier alpha value is -4.13. The molecule has 1 aliphatic heterocycles. The predicted molar refractivity (Wildman–Crippen MR) is 150 cm³/mol. The molecule has 0 bridgehead atoms. The molecule has 0 spiro atoms. The lowest BCUT2D eigenvalue weighted by Gasteiger charge is -2.17. The summed E-state index contributed by atoms with van der Waals surface area (Å²) in [6.45, 7) is 4.37. The van der Waals surface area contributed by atoms with Crippen molar-refractivity contribution in [2.75, 3.05) is 44.8 Å². The Morgan fingerprint density at radius 3 is 2.50 bits per heavy atom. The summed E-state index contributed by atoms with van der Waals surface area (Å²) in [5.41, 5.74) is 7.69. The Morgan fingerprint density at radius 1 is 0.976 bits per heavy atom. The molecule has 1 fully saturated rings. The van der Waals surface area contributed by atoms with Crippen molar-refractivity contribution >= 4 is 17.6 Å². The molecule has 0 unspecified atom stereocenters. The van der Waals surface area contributed by atoms with Crippen LogP contribution in [0.5, 0.6) is 11.5 Å². The van der Waals surface area contributed by atoms with Gasteiger partial charge in [0.2, 0.25) is 5.91 Å². The number of nitrogens with one attached hydrogen (secondary N) is 2. The fourth-order valence-corrected chi connectivity index (χ4v) is 4.70. The number of pyridine rings is 1. The van der Waals surface area contributed by atoms with Crippen LogP contribution in [0.1, 0.15) is 34.3 Å². The Bertz CT molecular complexity index is 1460. The van der Waals surface area contributed by atoms with Gasteiger partial charge in [-0.1, -0.05) is 24.3 Å². The summed E-state index contributed by atoms with van der Waals surface area (Å²) in [5, 5.41) is 5.71. The molecule has 42 heavy (non-hydrogen) atoms. The van der Waals surface area contributed by atoms with E-state index in [2.05, 4.69) is 25.1 Å². The van der Waals surface area contributed by atoms with E-state index in [0.29, 0.717) is 80.6 Å². The highest BCUT2D eigenvalue weighted by molar-refractivity contribution is 6.01. The van der Waals surface area contributed by atoms with Crippen molar-refractivity contribution in [3.8, 4) is 22.8 Å². The highest BCUT2D eigenvalue weighted by atomic mass is 19.3. The van der Waals surface area contributed by atoms with Crippen LogP contribution in [0.2, 0.25) is 0 Å². The number of rotatable bonds is 13. The van der Waals surface area contributed by atoms with Gasteiger partial charge in [-0.3, -0.25) is 9.59 Å². The average molecular weight is 583 g/mol. The van der Waals surface area contributed by atoms with Crippen LogP contribution in [-0.2, 0) is 19.7 Å². The van der Waals surface area contributed by atoms with E-state index in [1.165, 1.54) is 12.1 Å². The van der Waals surface area contributed by atoms with E-state index in [-0.39, 0.29) is 23.3 Å². The number of hydrogen-bond donors (Lipinski definition) is 3. The van der Waals surface area contributed by atoms with Crippen molar-refractivity contribution < 1.29 is 37.3 Å². The summed E-state index contributed by atoms with van der Waals surface area (Å²) in [5.74, 6) is -0.382.